The highest BCUT2D eigenvalue weighted by Gasteiger charge is 2.35. The molecular formula is C31H43N3O3. The van der Waals surface area contributed by atoms with Crippen molar-refractivity contribution >= 4 is 17.7 Å². The molecular weight excluding hydrogens is 462 g/mol. The number of amides is 3. The Kier molecular flexibility index (Phi) is 10.3. The van der Waals surface area contributed by atoms with Crippen LogP contribution in [0.2, 0.25) is 0 Å². The van der Waals surface area contributed by atoms with Gasteiger partial charge in [0.15, 0.2) is 0 Å². The van der Waals surface area contributed by atoms with Gasteiger partial charge in [-0.2, -0.15) is 0 Å². The van der Waals surface area contributed by atoms with E-state index < -0.39 is 23.8 Å². The molecule has 3 amide bonds. The van der Waals surface area contributed by atoms with Crippen molar-refractivity contribution < 1.29 is 14.4 Å². The predicted molar refractivity (Wildman–Crippen MR) is 148 cm³/mol. The number of benzene rings is 2. The zero-order chi connectivity index (χ0) is 26.9. The standard InChI is InChI=1S/C31H43N3O3/c1-5-10-26(29(32)35)27(17-21(2)3)30(36)33-28-15-6-7-16-34(31(28)37)20-23-12-9-14-25(19-23)24-13-8-11-22(4)18-24/h8-9,11-14,18-19,21,26-28H,5-7,10,15-17,20H2,1-4H3,(H2,32,35)(H,33,36)/t26-,27+,28-/m0/s1. The number of aryl methyl sites for hydroxylation is 1. The van der Waals surface area contributed by atoms with Gasteiger partial charge in [-0.3, -0.25) is 14.4 Å². The van der Waals surface area contributed by atoms with Gasteiger partial charge in [0.25, 0.3) is 0 Å². The first-order valence-corrected chi connectivity index (χ1v) is 13.7. The van der Waals surface area contributed by atoms with Crippen molar-refractivity contribution in [3.8, 4) is 11.1 Å². The normalized spacial score (nSPS) is 17.8. The van der Waals surface area contributed by atoms with Crippen molar-refractivity contribution in [3.05, 3.63) is 59.7 Å². The molecule has 0 radical (unpaired) electrons. The summed E-state index contributed by atoms with van der Waals surface area (Å²) in [5.74, 6) is -1.53. The molecule has 1 fully saturated rings. The van der Waals surface area contributed by atoms with Crippen LogP contribution in [0.4, 0.5) is 0 Å². The highest BCUT2D eigenvalue weighted by atomic mass is 16.2. The molecule has 1 saturated heterocycles. The minimum absolute atomic E-state index is 0.0544. The van der Waals surface area contributed by atoms with E-state index in [2.05, 4.69) is 48.6 Å². The highest BCUT2D eigenvalue weighted by molar-refractivity contribution is 5.91. The number of likely N-dealkylation sites (tertiary alicyclic amines) is 1. The monoisotopic (exact) mass is 505 g/mol. The molecule has 6 nitrogen and oxygen atoms in total. The fourth-order valence-corrected chi connectivity index (χ4v) is 5.38. The highest BCUT2D eigenvalue weighted by Crippen LogP contribution is 2.27. The SMILES string of the molecule is CCC[C@H](C(N)=O)[C@@H](CC(C)C)C(=O)N[C@H]1CCCCN(Cc2cccc(-c3cccc(C)c3)c2)C1=O. The van der Waals surface area contributed by atoms with Crippen LogP contribution < -0.4 is 11.1 Å². The van der Waals surface area contributed by atoms with E-state index in [4.69, 9.17) is 5.73 Å². The van der Waals surface area contributed by atoms with Gasteiger partial charge in [0.1, 0.15) is 6.04 Å². The number of carbonyl (C=O) groups excluding carboxylic acids is 3. The van der Waals surface area contributed by atoms with Gasteiger partial charge in [0.05, 0.1) is 0 Å². The first kappa shape index (κ1) is 28.4. The van der Waals surface area contributed by atoms with Crippen LogP contribution in [-0.4, -0.2) is 35.2 Å². The molecule has 3 atom stereocenters. The Hall–Kier alpha value is -3.15. The van der Waals surface area contributed by atoms with E-state index in [1.54, 1.807) is 0 Å². The van der Waals surface area contributed by atoms with E-state index in [9.17, 15) is 14.4 Å². The summed E-state index contributed by atoms with van der Waals surface area (Å²) in [6.45, 7) is 9.30. The molecule has 0 unspecified atom stereocenters. The second kappa shape index (κ2) is 13.4. The molecule has 2 aromatic carbocycles. The zero-order valence-electron chi connectivity index (χ0n) is 22.8. The Morgan fingerprint density at radius 1 is 1.05 bits per heavy atom. The number of nitrogens with zero attached hydrogens (tertiary/aromatic N) is 1. The van der Waals surface area contributed by atoms with E-state index in [0.29, 0.717) is 32.4 Å². The van der Waals surface area contributed by atoms with Crippen LogP contribution in [0.25, 0.3) is 11.1 Å². The number of primary amides is 1. The van der Waals surface area contributed by atoms with E-state index in [1.807, 2.05) is 37.8 Å². The van der Waals surface area contributed by atoms with Crippen LogP contribution in [0.15, 0.2) is 48.5 Å². The second-order valence-electron chi connectivity index (χ2n) is 10.9. The Morgan fingerprint density at radius 2 is 1.76 bits per heavy atom. The van der Waals surface area contributed by atoms with Gasteiger partial charge in [0.2, 0.25) is 17.7 Å². The summed E-state index contributed by atoms with van der Waals surface area (Å²) in [7, 11) is 0. The van der Waals surface area contributed by atoms with E-state index in [0.717, 1.165) is 36.0 Å². The van der Waals surface area contributed by atoms with Crippen molar-refractivity contribution in [2.24, 2.45) is 23.5 Å². The van der Waals surface area contributed by atoms with Gasteiger partial charge in [-0.25, -0.2) is 0 Å². The van der Waals surface area contributed by atoms with Gasteiger partial charge in [0, 0.05) is 24.9 Å². The molecule has 37 heavy (non-hydrogen) atoms. The predicted octanol–water partition coefficient (Wildman–Crippen LogP) is 5.22. The zero-order valence-corrected chi connectivity index (χ0v) is 22.8. The van der Waals surface area contributed by atoms with Gasteiger partial charge in [-0.05, 0) is 67.7 Å². The lowest BCUT2D eigenvalue weighted by atomic mass is 9.81. The number of nitrogens with one attached hydrogen (secondary N) is 1. The molecule has 0 aliphatic carbocycles. The molecule has 0 aromatic heterocycles. The molecule has 0 bridgehead atoms. The van der Waals surface area contributed by atoms with Crippen LogP contribution in [0.5, 0.6) is 0 Å². The number of hydrogen-bond donors (Lipinski definition) is 2. The maximum atomic E-state index is 13.6. The number of nitrogens with two attached hydrogens (primary N) is 1. The van der Waals surface area contributed by atoms with Crippen molar-refractivity contribution in [3.63, 3.8) is 0 Å². The van der Waals surface area contributed by atoms with Crippen molar-refractivity contribution in [1.29, 1.82) is 0 Å². The van der Waals surface area contributed by atoms with Crippen LogP contribution >= 0.6 is 0 Å². The minimum atomic E-state index is -0.584. The summed E-state index contributed by atoms with van der Waals surface area (Å²) in [5, 5.41) is 3.03. The topological polar surface area (TPSA) is 92.5 Å². The molecule has 3 rings (SSSR count). The summed E-state index contributed by atoms with van der Waals surface area (Å²) >= 11 is 0. The van der Waals surface area contributed by atoms with E-state index in [-0.39, 0.29) is 17.7 Å². The Bertz CT molecular complexity index is 1080. The summed E-state index contributed by atoms with van der Waals surface area (Å²) in [4.78, 5) is 41.1. The first-order chi connectivity index (χ1) is 17.7. The number of rotatable bonds is 11. The van der Waals surface area contributed by atoms with Gasteiger partial charge >= 0.3 is 0 Å². The quantitative estimate of drug-likeness (QED) is 0.438. The lowest BCUT2D eigenvalue weighted by Gasteiger charge is -2.29. The fraction of sp³-hybridized carbons (Fsp3) is 0.516. The maximum absolute atomic E-state index is 13.6. The molecule has 3 N–H and O–H groups in total. The number of carbonyl (C=O) groups is 3. The lowest BCUT2D eigenvalue weighted by Crippen LogP contribution is -2.50. The molecule has 200 valence electrons. The third-order valence-electron chi connectivity index (χ3n) is 7.26. The third kappa shape index (κ3) is 7.91. The maximum Gasteiger partial charge on any atom is 0.245 e. The first-order valence-electron chi connectivity index (χ1n) is 13.7. The van der Waals surface area contributed by atoms with Gasteiger partial charge < -0.3 is 16.0 Å². The lowest BCUT2D eigenvalue weighted by molar-refractivity contribution is -0.139. The van der Waals surface area contributed by atoms with Crippen LogP contribution in [0.3, 0.4) is 0 Å². The second-order valence-corrected chi connectivity index (χ2v) is 10.9. The van der Waals surface area contributed by atoms with Gasteiger partial charge in [-0.1, -0.05) is 75.2 Å². The summed E-state index contributed by atoms with van der Waals surface area (Å²) in [6.07, 6.45) is 4.27. The summed E-state index contributed by atoms with van der Waals surface area (Å²) in [6, 6.07) is 16.1. The molecule has 6 heteroatoms. The Labute approximate surface area is 222 Å². The molecule has 1 aliphatic heterocycles. The van der Waals surface area contributed by atoms with E-state index in [1.165, 1.54) is 5.56 Å². The van der Waals surface area contributed by atoms with Crippen LogP contribution in [0, 0.1) is 24.7 Å². The van der Waals surface area contributed by atoms with E-state index >= 15 is 0 Å². The van der Waals surface area contributed by atoms with Crippen molar-refractivity contribution in [1.82, 2.24) is 10.2 Å². The summed E-state index contributed by atoms with van der Waals surface area (Å²) < 4.78 is 0. The molecule has 0 spiro atoms. The van der Waals surface area contributed by atoms with Crippen molar-refractivity contribution in [2.75, 3.05) is 6.54 Å². The molecule has 1 heterocycles. The molecule has 0 saturated carbocycles. The molecule has 1 aliphatic rings. The Balaban J connectivity index is 1.75. The number of hydrogen-bond acceptors (Lipinski definition) is 3. The third-order valence-corrected chi connectivity index (χ3v) is 7.26. The Morgan fingerprint density at radius 3 is 2.41 bits per heavy atom. The largest absolute Gasteiger partial charge is 0.369 e. The minimum Gasteiger partial charge on any atom is -0.369 e. The fourth-order valence-electron chi connectivity index (χ4n) is 5.38. The average Bonchev–Trinajstić information content (AvgIpc) is 3.02. The van der Waals surface area contributed by atoms with Crippen molar-refractivity contribution in [2.45, 2.75) is 78.8 Å². The average molecular weight is 506 g/mol. The smallest absolute Gasteiger partial charge is 0.245 e. The summed E-state index contributed by atoms with van der Waals surface area (Å²) in [5.41, 5.74) is 10.2. The van der Waals surface area contributed by atoms with Crippen LogP contribution in [-0.2, 0) is 20.9 Å². The van der Waals surface area contributed by atoms with Gasteiger partial charge in [-0.15, -0.1) is 0 Å². The molecule has 2 aromatic rings. The van der Waals surface area contributed by atoms with Crippen LogP contribution in [0.1, 0.15) is 70.4 Å².